The summed E-state index contributed by atoms with van der Waals surface area (Å²) in [5.74, 6) is 0. The van der Waals surface area contributed by atoms with Crippen LogP contribution in [0.3, 0.4) is 0 Å². The Bertz CT molecular complexity index is 425. The van der Waals surface area contributed by atoms with Crippen molar-refractivity contribution in [3.63, 3.8) is 0 Å². The summed E-state index contributed by atoms with van der Waals surface area (Å²) in [5, 5.41) is 0. The van der Waals surface area contributed by atoms with Crippen LogP contribution >= 0.6 is 15.9 Å². The van der Waals surface area contributed by atoms with Crippen molar-refractivity contribution in [1.82, 2.24) is 0 Å². The smallest absolute Gasteiger partial charge is 0.263 e. The standard InChI is InChI=1S/C11H15BrO3S/c1-3-4-9(2)15-16(13,14)11-7-5-10(12)6-8-11/h5-9H,3-4H2,1-2H3/t9-/m0/s1. The summed E-state index contributed by atoms with van der Waals surface area (Å²) in [5.41, 5.74) is 0. The zero-order chi connectivity index (χ0) is 12.2. The third-order valence-electron chi connectivity index (χ3n) is 2.09. The van der Waals surface area contributed by atoms with Gasteiger partial charge in [-0.3, -0.25) is 4.18 Å². The van der Waals surface area contributed by atoms with E-state index in [-0.39, 0.29) is 11.0 Å². The van der Waals surface area contributed by atoms with Crippen molar-refractivity contribution < 1.29 is 12.6 Å². The summed E-state index contributed by atoms with van der Waals surface area (Å²) < 4.78 is 29.5. The quantitative estimate of drug-likeness (QED) is 0.784. The second kappa shape index (κ2) is 5.80. The van der Waals surface area contributed by atoms with Crippen molar-refractivity contribution in [3.8, 4) is 0 Å². The van der Waals surface area contributed by atoms with E-state index in [1.54, 1.807) is 19.1 Å². The molecule has 0 spiro atoms. The van der Waals surface area contributed by atoms with Crippen LogP contribution < -0.4 is 0 Å². The molecule has 0 saturated carbocycles. The van der Waals surface area contributed by atoms with E-state index < -0.39 is 10.1 Å². The molecule has 0 N–H and O–H groups in total. The largest absolute Gasteiger partial charge is 0.297 e. The maximum absolute atomic E-state index is 11.8. The molecule has 0 fully saturated rings. The molecule has 0 aliphatic carbocycles. The summed E-state index contributed by atoms with van der Waals surface area (Å²) in [4.78, 5) is 0.193. The van der Waals surface area contributed by atoms with Crippen molar-refractivity contribution in [3.05, 3.63) is 28.7 Å². The lowest BCUT2D eigenvalue weighted by Crippen LogP contribution is -2.15. The minimum atomic E-state index is -3.62. The maximum Gasteiger partial charge on any atom is 0.297 e. The molecule has 1 atom stereocenters. The van der Waals surface area contributed by atoms with Gasteiger partial charge in [0.05, 0.1) is 11.0 Å². The molecular weight excluding hydrogens is 292 g/mol. The Labute approximate surface area is 105 Å². The highest BCUT2D eigenvalue weighted by atomic mass is 79.9. The molecule has 0 aromatic heterocycles. The highest BCUT2D eigenvalue weighted by Gasteiger charge is 2.18. The first-order valence-corrected chi connectivity index (χ1v) is 7.34. The maximum atomic E-state index is 11.8. The minimum absolute atomic E-state index is 0.193. The molecule has 1 rings (SSSR count). The Morgan fingerprint density at radius 3 is 2.38 bits per heavy atom. The summed E-state index contributed by atoms with van der Waals surface area (Å²) in [6.07, 6.45) is 1.35. The molecule has 1 aromatic rings. The molecule has 0 bridgehead atoms. The highest BCUT2D eigenvalue weighted by molar-refractivity contribution is 9.10. The van der Waals surface area contributed by atoms with Crippen LogP contribution in [0.5, 0.6) is 0 Å². The number of halogens is 1. The molecule has 3 nitrogen and oxygen atoms in total. The van der Waals surface area contributed by atoms with Crippen molar-refractivity contribution in [2.75, 3.05) is 0 Å². The minimum Gasteiger partial charge on any atom is -0.263 e. The van der Waals surface area contributed by atoms with Gasteiger partial charge in [-0.2, -0.15) is 8.42 Å². The Hall–Kier alpha value is -0.390. The lowest BCUT2D eigenvalue weighted by Gasteiger charge is -2.11. The third-order valence-corrected chi connectivity index (χ3v) is 4.05. The van der Waals surface area contributed by atoms with Crippen LogP contribution in [0.2, 0.25) is 0 Å². The van der Waals surface area contributed by atoms with E-state index in [1.165, 1.54) is 12.1 Å². The molecule has 0 unspecified atom stereocenters. The van der Waals surface area contributed by atoms with Gasteiger partial charge in [-0.15, -0.1) is 0 Å². The van der Waals surface area contributed by atoms with Crippen LogP contribution in [-0.2, 0) is 14.3 Å². The van der Waals surface area contributed by atoms with E-state index in [2.05, 4.69) is 15.9 Å². The van der Waals surface area contributed by atoms with E-state index in [0.29, 0.717) is 0 Å². The van der Waals surface area contributed by atoms with Gasteiger partial charge in [0.1, 0.15) is 0 Å². The second-order valence-corrected chi connectivity index (χ2v) is 6.09. The summed E-state index contributed by atoms with van der Waals surface area (Å²) in [6, 6.07) is 6.41. The van der Waals surface area contributed by atoms with Gasteiger partial charge in [0.2, 0.25) is 0 Å². The molecule has 0 radical (unpaired) electrons. The van der Waals surface area contributed by atoms with E-state index in [0.717, 1.165) is 17.3 Å². The van der Waals surface area contributed by atoms with Crippen LogP contribution in [0.25, 0.3) is 0 Å². The third kappa shape index (κ3) is 3.88. The highest BCUT2D eigenvalue weighted by Crippen LogP contribution is 2.18. The second-order valence-electron chi connectivity index (χ2n) is 3.60. The first-order chi connectivity index (χ1) is 7.45. The molecular formula is C11H15BrO3S. The first-order valence-electron chi connectivity index (χ1n) is 5.14. The monoisotopic (exact) mass is 306 g/mol. The van der Waals surface area contributed by atoms with Gasteiger partial charge in [0.15, 0.2) is 0 Å². The van der Waals surface area contributed by atoms with Crippen LogP contribution in [0.15, 0.2) is 33.6 Å². The van der Waals surface area contributed by atoms with Gasteiger partial charge >= 0.3 is 0 Å². The van der Waals surface area contributed by atoms with Crippen molar-refractivity contribution in [2.24, 2.45) is 0 Å². The molecule has 0 amide bonds. The van der Waals surface area contributed by atoms with Gasteiger partial charge in [-0.25, -0.2) is 0 Å². The van der Waals surface area contributed by atoms with E-state index in [1.807, 2.05) is 6.92 Å². The predicted octanol–water partition coefficient (Wildman–Crippen LogP) is 3.34. The summed E-state index contributed by atoms with van der Waals surface area (Å²) in [6.45, 7) is 3.76. The normalized spacial score (nSPS) is 13.7. The fraction of sp³-hybridized carbons (Fsp3) is 0.455. The van der Waals surface area contributed by atoms with Crippen molar-refractivity contribution in [2.45, 2.75) is 37.7 Å². The Kier molecular flexibility index (Phi) is 4.95. The number of hydrogen-bond acceptors (Lipinski definition) is 3. The number of hydrogen-bond donors (Lipinski definition) is 0. The topological polar surface area (TPSA) is 43.4 Å². The lowest BCUT2D eigenvalue weighted by molar-refractivity contribution is 0.217. The Morgan fingerprint density at radius 2 is 1.88 bits per heavy atom. The van der Waals surface area contributed by atoms with E-state index in [4.69, 9.17) is 4.18 Å². The average Bonchev–Trinajstić information content (AvgIpc) is 2.17. The van der Waals surface area contributed by atoms with Gasteiger partial charge in [0.25, 0.3) is 10.1 Å². The van der Waals surface area contributed by atoms with Crippen LogP contribution in [0, 0.1) is 0 Å². The van der Waals surface area contributed by atoms with Crippen LogP contribution in [-0.4, -0.2) is 14.5 Å². The number of benzene rings is 1. The van der Waals surface area contributed by atoms with Crippen LogP contribution in [0.1, 0.15) is 26.7 Å². The SMILES string of the molecule is CCC[C@H](C)OS(=O)(=O)c1ccc(Br)cc1. The van der Waals surface area contributed by atoms with E-state index in [9.17, 15) is 8.42 Å². The van der Waals surface area contributed by atoms with Gasteiger partial charge < -0.3 is 0 Å². The fourth-order valence-electron chi connectivity index (χ4n) is 1.33. The zero-order valence-electron chi connectivity index (χ0n) is 9.31. The zero-order valence-corrected chi connectivity index (χ0v) is 11.7. The van der Waals surface area contributed by atoms with Crippen LogP contribution in [0.4, 0.5) is 0 Å². The summed E-state index contributed by atoms with van der Waals surface area (Å²) in [7, 11) is -3.62. The van der Waals surface area contributed by atoms with Crippen molar-refractivity contribution >= 4 is 26.0 Å². The average molecular weight is 307 g/mol. The number of rotatable bonds is 5. The first kappa shape index (κ1) is 13.7. The fourth-order valence-corrected chi connectivity index (χ4v) is 2.70. The van der Waals surface area contributed by atoms with Crippen molar-refractivity contribution in [1.29, 1.82) is 0 Å². The molecule has 16 heavy (non-hydrogen) atoms. The Balaban J connectivity index is 2.82. The van der Waals surface area contributed by atoms with Gasteiger partial charge in [-0.05, 0) is 37.6 Å². The molecule has 90 valence electrons. The lowest BCUT2D eigenvalue weighted by atomic mass is 10.2. The van der Waals surface area contributed by atoms with E-state index >= 15 is 0 Å². The molecule has 5 heteroatoms. The molecule has 1 aromatic carbocycles. The molecule has 0 saturated heterocycles. The summed E-state index contributed by atoms with van der Waals surface area (Å²) >= 11 is 3.25. The van der Waals surface area contributed by atoms with Gasteiger partial charge in [-0.1, -0.05) is 29.3 Å². The Morgan fingerprint density at radius 1 is 1.31 bits per heavy atom. The molecule has 0 heterocycles. The molecule has 0 aliphatic rings. The van der Waals surface area contributed by atoms with Gasteiger partial charge in [0, 0.05) is 4.47 Å². The predicted molar refractivity (Wildman–Crippen MR) is 66.8 cm³/mol. The molecule has 0 aliphatic heterocycles.